The Morgan fingerprint density at radius 2 is 1.73 bits per heavy atom. The first-order valence-corrected chi connectivity index (χ1v) is 4.29. The van der Waals surface area contributed by atoms with E-state index in [1.165, 1.54) is 27.4 Å². The summed E-state index contributed by atoms with van der Waals surface area (Å²) in [4.78, 5) is 10.4. The zero-order valence-electron chi connectivity index (χ0n) is 9.49. The van der Waals surface area contributed by atoms with E-state index in [2.05, 4.69) is 6.58 Å². The predicted octanol–water partition coefficient (Wildman–Crippen LogP) is 1.80. The third-order valence-electron chi connectivity index (χ3n) is 1.74. The van der Waals surface area contributed by atoms with Gasteiger partial charge in [-0.15, -0.1) is 0 Å². The summed E-state index contributed by atoms with van der Waals surface area (Å²) in [6, 6.07) is 0. The molecule has 0 saturated carbocycles. The highest BCUT2D eigenvalue weighted by Gasteiger charge is 2.11. The Kier molecular flexibility index (Phi) is 5.94. The van der Waals surface area contributed by atoms with Crippen LogP contribution >= 0.6 is 0 Å². The SMILES string of the molecule is C=C(C=O)/C=C(OC)\C(OC)=C(/C)OC. The summed E-state index contributed by atoms with van der Waals surface area (Å²) >= 11 is 0. The molecule has 4 heteroatoms. The highest BCUT2D eigenvalue weighted by molar-refractivity contribution is 5.76. The Labute approximate surface area is 89.8 Å². The van der Waals surface area contributed by atoms with Crippen molar-refractivity contribution in [3.05, 3.63) is 35.5 Å². The molecule has 0 radical (unpaired) electrons. The molecule has 0 fully saturated rings. The Balaban J connectivity index is 5.18. The van der Waals surface area contributed by atoms with E-state index in [1.807, 2.05) is 0 Å². The fourth-order valence-corrected chi connectivity index (χ4v) is 0.930. The van der Waals surface area contributed by atoms with Gasteiger partial charge in [0.1, 0.15) is 12.0 Å². The number of ether oxygens (including phenoxy) is 3. The summed E-state index contributed by atoms with van der Waals surface area (Å²) in [6.45, 7) is 5.25. The number of rotatable bonds is 6. The van der Waals surface area contributed by atoms with Crippen LogP contribution in [0.3, 0.4) is 0 Å². The van der Waals surface area contributed by atoms with E-state index < -0.39 is 0 Å². The van der Waals surface area contributed by atoms with Gasteiger partial charge in [0, 0.05) is 5.57 Å². The lowest BCUT2D eigenvalue weighted by Crippen LogP contribution is -2.01. The number of carbonyl (C=O) groups excluding carboxylic acids is 1. The van der Waals surface area contributed by atoms with Crippen LogP contribution in [0.25, 0.3) is 0 Å². The van der Waals surface area contributed by atoms with Gasteiger partial charge < -0.3 is 14.2 Å². The second-order valence-corrected chi connectivity index (χ2v) is 2.70. The minimum absolute atomic E-state index is 0.297. The Bertz CT molecular complexity index is 300. The second kappa shape index (κ2) is 6.70. The summed E-state index contributed by atoms with van der Waals surface area (Å²) in [6.07, 6.45) is 2.11. The summed E-state index contributed by atoms with van der Waals surface area (Å²) in [5, 5.41) is 0. The molecule has 0 saturated heterocycles. The maximum absolute atomic E-state index is 10.4. The van der Waals surface area contributed by atoms with Gasteiger partial charge in [0.2, 0.25) is 0 Å². The molecule has 0 aliphatic carbocycles. The monoisotopic (exact) mass is 212 g/mol. The van der Waals surface area contributed by atoms with Crippen molar-refractivity contribution >= 4 is 6.29 Å². The number of hydrogen-bond donors (Lipinski definition) is 0. The standard InChI is InChI=1S/C11H16O4/c1-8(7-12)6-10(14-4)11(15-5)9(2)13-3/h6-7H,1H2,2-5H3/b10-6+,11-9-. The van der Waals surface area contributed by atoms with E-state index in [0.29, 0.717) is 29.1 Å². The third-order valence-corrected chi connectivity index (χ3v) is 1.74. The summed E-state index contributed by atoms with van der Waals surface area (Å²) in [5.74, 6) is 1.39. The van der Waals surface area contributed by atoms with Crippen molar-refractivity contribution in [1.29, 1.82) is 0 Å². The van der Waals surface area contributed by atoms with E-state index in [9.17, 15) is 4.79 Å². The van der Waals surface area contributed by atoms with Crippen molar-refractivity contribution in [3.8, 4) is 0 Å². The van der Waals surface area contributed by atoms with Crippen molar-refractivity contribution < 1.29 is 19.0 Å². The third kappa shape index (κ3) is 3.89. The number of aldehydes is 1. The number of carbonyl (C=O) groups is 1. The van der Waals surface area contributed by atoms with E-state index in [1.54, 1.807) is 6.92 Å². The smallest absolute Gasteiger partial charge is 0.198 e. The van der Waals surface area contributed by atoms with Gasteiger partial charge in [-0.2, -0.15) is 0 Å². The minimum atomic E-state index is 0.297. The Morgan fingerprint density at radius 3 is 2.07 bits per heavy atom. The van der Waals surface area contributed by atoms with Crippen LogP contribution in [-0.4, -0.2) is 27.6 Å². The lowest BCUT2D eigenvalue weighted by Gasteiger charge is -2.12. The first-order chi connectivity index (χ1) is 7.10. The number of allylic oxidation sites excluding steroid dienone is 3. The average Bonchev–Trinajstić information content (AvgIpc) is 2.27. The number of hydrogen-bond acceptors (Lipinski definition) is 4. The average molecular weight is 212 g/mol. The minimum Gasteiger partial charge on any atom is -0.497 e. The van der Waals surface area contributed by atoms with Crippen LogP contribution in [0.5, 0.6) is 0 Å². The summed E-state index contributed by atoms with van der Waals surface area (Å²) in [7, 11) is 4.50. The molecule has 0 heterocycles. The van der Waals surface area contributed by atoms with Gasteiger partial charge in [-0.05, 0) is 13.0 Å². The Morgan fingerprint density at radius 1 is 1.13 bits per heavy atom. The molecule has 0 aromatic heterocycles. The summed E-state index contributed by atoms with van der Waals surface area (Å²) in [5.41, 5.74) is 0.297. The topological polar surface area (TPSA) is 44.8 Å². The summed E-state index contributed by atoms with van der Waals surface area (Å²) < 4.78 is 15.2. The van der Waals surface area contributed by atoms with Gasteiger partial charge in [0.15, 0.2) is 11.5 Å². The van der Waals surface area contributed by atoms with Crippen LogP contribution in [0.4, 0.5) is 0 Å². The largest absolute Gasteiger partial charge is 0.497 e. The van der Waals surface area contributed by atoms with Crippen molar-refractivity contribution in [2.75, 3.05) is 21.3 Å². The molecular formula is C11H16O4. The van der Waals surface area contributed by atoms with Crippen LogP contribution in [0.15, 0.2) is 35.5 Å². The van der Waals surface area contributed by atoms with Crippen molar-refractivity contribution in [3.63, 3.8) is 0 Å². The maximum atomic E-state index is 10.4. The molecule has 0 aromatic carbocycles. The van der Waals surface area contributed by atoms with Crippen LogP contribution in [0.2, 0.25) is 0 Å². The predicted molar refractivity (Wildman–Crippen MR) is 57.0 cm³/mol. The molecule has 0 bridgehead atoms. The highest BCUT2D eigenvalue weighted by atomic mass is 16.5. The molecule has 15 heavy (non-hydrogen) atoms. The van der Waals surface area contributed by atoms with Crippen molar-refractivity contribution in [2.45, 2.75) is 6.92 Å². The van der Waals surface area contributed by atoms with Crippen LogP contribution < -0.4 is 0 Å². The molecule has 0 aliphatic heterocycles. The van der Waals surface area contributed by atoms with E-state index in [0.717, 1.165) is 0 Å². The van der Waals surface area contributed by atoms with Gasteiger partial charge in [-0.1, -0.05) is 6.58 Å². The molecule has 4 nitrogen and oxygen atoms in total. The first-order valence-electron chi connectivity index (χ1n) is 4.29. The zero-order chi connectivity index (χ0) is 11.8. The highest BCUT2D eigenvalue weighted by Crippen LogP contribution is 2.17. The van der Waals surface area contributed by atoms with Gasteiger partial charge >= 0.3 is 0 Å². The van der Waals surface area contributed by atoms with Gasteiger partial charge in [0.05, 0.1) is 21.3 Å². The molecular weight excluding hydrogens is 196 g/mol. The zero-order valence-corrected chi connectivity index (χ0v) is 9.49. The second-order valence-electron chi connectivity index (χ2n) is 2.70. The lowest BCUT2D eigenvalue weighted by atomic mass is 10.2. The molecule has 0 aliphatic rings. The van der Waals surface area contributed by atoms with Crippen LogP contribution in [0.1, 0.15) is 6.92 Å². The van der Waals surface area contributed by atoms with E-state index >= 15 is 0 Å². The fraction of sp³-hybridized carbons (Fsp3) is 0.364. The van der Waals surface area contributed by atoms with Gasteiger partial charge in [-0.25, -0.2) is 0 Å². The number of methoxy groups -OCH3 is 3. The van der Waals surface area contributed by atoms with Crippen molar-refractivity contribution in [1.82, 2.24) is 0 Å². The molecule has 0 atom stereocenters. The molecule has 0 amide bonds. The lowest BCUT2D eigenvalue weighted by molar-refractivity contribution is -0.104. The molecule has 0 N–H and O–H groups in total. The van der Waals surface area contributed by atoms with Gasteiger partial charge in [0.25, 0.3) is 0 Å². The fourth-order valence-electron chi connectivity index (χ4n) is 0.930. The Hall–Kier alpha value is -1.71. The quantitative estimate of drug-likeness (QED) is 0.291. The normalized spacial score (nSPS) is 12.7. The van der Waals surface area contributed by atoms with Gasteiger partial charge in [-0.3, -0.25) is 4.79 Å². The molecule has 84 valence electrons. The first kappa shape index (κ1) is 13.3. The molecule has 0 unspecified atom stereocenters. The molecule has 0 rings (SSSR count). The van der Waals surface area contributed by atoms with Crippen LogP contribution in [0, 0.1) is 0 Å². The van der Waals surface area contributed by atoms with Crippen LogP contribution in [-0.2, 0) is 19.0 Å². The molecule has 0 aromatic rings. The maximum Gasteiger partial charge on any atom is 0.198 e. The van der Waals surface area contributed by atoms with Crippen molar-refractivity contribution in [2.24, 2.45) is 0 Å². The molecule has 0 spiro atoms. The van der Waals surface area contributed by atoms with E-state index in [-0.39, 0.29) is 0 Å². The van der Waals surface area contributed by atoms with E-state index in [4.69, 9.17) is 14.2 Å².